The predicted octanol–water partition coefficient (Wildman–Crippen LogP) is 2.57. The summed E-state index contributed by atoms with van der Waals surface area (Å²) in [6, 6.07) is 5.05. The summed E-state index contributed by atoms with van der Waals surface area (Å²) in [6.45, 7) is 5.92. The Morgan fingerprint density at radius 1 is 1.12 bits per heavy atom. The summed E-state index contributed by atoms with van der Waals surface area (Å²) in [6.07, 6.45) is 0.474. The zero-order valence-corrected chi connectivity index (χ0v) is 14.4. The van der Waals surface area contributed by atoms with Gasteiger partial charge in [-0.1, -0.05) is 13.8 Å². The van der Waals surface area contributed by atoms with Crippen LogP contribution in [-0.4, -0.2) is 37.7 Å². The monoisotopic (exact) mass is 336 g/mol. The van der Waals surface area contributed by atoms with E-state index in [2.05, 4.69) is 10.6 Å². The number of methoxy groups -OCH3 is 1. The third-order valence-electron chi connectivity index (χ3n) is 3.15. The first-order chi connectivity index (χ1) is 11.4. The second-order valence-electron chi connectivity index (χ2n) is 5.60. The van der Waals surface area contributed by atoms with Crippen molar-refractivity contribution in [2.75, 3.05) is 19.0 Å². The molecule has 7 nitrogen and oxygen atoms in total. The molecule has 7 heteroatoms. The smallest absolute Gasteiger partial charge is 0.338 e. The van der Waals surface area contributed by atoms with E-state index >= 15 is 0 Å². The average Bonchev–Trinajstić information content (AvgIpc) is 2.53. The molecule has 0 spiro atoms. The Kier molecular flexibility index (Phi) is 7.74. The van der Waals surface area contributed by atoms with Gasteiger partial charge in [-0.25, -0.2) is 14.4 Å². The van der Waals surface area contributed by atoms with E-state index in [0.717, 1.165) is 0 Å². The molecule has 0 heterocycles. The molecule has 0 radical (unpaired) electrons. The van der Waals surface area contributed by atoms with E-state index in [1.165, 1.54) is 7.11 Å². The average molecular weight is 336 g/mol. The first-order valence-corrected chi connectivity index (χ1v) is 7.79. The van der Waals surface area contributed by atoms with E-state index in [9.17, 15) is 14.4 Å². The second kappa shape index (κ2) is 9.54. The SMILES string of the molecule is CCOC(=O)c1ccc(NC(=O)N[C@@H](CC(C)C)C(=O)OC)cc1. The molecule has 24 heavy (non-hydrogen) atoms. The molecular formula is C17H24N2O5. The number of nitrogens with one attached hydrogen (secondary N) is 2. The predicted molar refractivity (Wildman–Crippen MR) is 89.8 cm³/mol. The highest BCUT2D eigenvalue weighted by Crippen LogP contribution is 2.11. The second-order valence-corrected chi connectivity index (χ2v) is 5.60. The fraction of sp³-hybridized carbons (Fsp3) is 0.471. The quantitative estimate of drug-likeness (QED) is 0.746. The van der Waals surface area contributed by atoms with Gasteiger partial charge in [0.2, 0.25) is 0 Å². The molecule has 0 saturated heterocycles. The van der Waals surface area contributed by atoms with Crippen LogP contribution in [0, 0.1) is 5.92 Å². The van der Waals surface area contributed by atoms with E-state index < -0.39 is 24.0 Å². The number of ether oxygens (including phenoxy) is 2. The Balaban J connectivity index is 2.65. The van der Waals surface area contributed by atoms with Gasteiger partial charge in [0.1, 0.15) is 6.04 Å². The van der Waals surface area contributed by atoms with Crippen molar-refractivity contribution in [1.29, 1.82) is 0 Å². The van der Waals surface area contributed by atoms with E-state index in [-0.39, 0.29) is 5.92 Å². The minimum Gasteiger partial charge on any atom is -0.467 e. The minimum absolute atomic E-state index is 0.221. The van der Waals surface area contributed by atoms with Crippen molar-refractivity contribution in [2.24, 2.45) is 5.92 Å². The van der Waals surface area contributed by atoms with Crippen LogP contribution in [0.2, 0.25) is 0 Å². The molecule has 0 aromatic heterocycles. The van der Waals surface area contributed by atoms with Crippen LogP contribution in [0.5, 0.6) is 0 Å². The number of benzene rings is 1. The van der Waals surface area contributed by atoms with Gasteiger partial charge in [-0.2, -0.15) is 0 Å². The first-order valence-electron chi connectivity index (χ1n) is 7.79. The maximum absolute atomic E-state index is 12.0. The molecule has 1 aromatic carbocycles. The summed E-state index contributed by atoms with van der Waals surface area (Å²) in [5.41, 5.74) is 0.892. The van der Waals surface area contributed by atoms with Gasteiger partial charge in [0.25, 0.3) is 0 Å². The lowest BCUT2D eigenvalue weighted by molar-refractivity contribution is -0.143. The Morgan fingerprint density at radius 2 is 1.75 bits per heavy atom. The molecule has 0 aliphatic rings. The maximum Gasteiger partial charge on any atom is 0.338 e. The van der Waals surface area contributed by atoms with Crippen molar-refractivity contribution in [3.05, 3.63) is 29.8 Å². The van der Waals surface area contributed by atoms with Gasteiger partial charge in [0.05, 0.1) is 19.3 Å². The Labute approximate surface area is 141 Å². The van der Waals surface area contributed by atoms with E-state index in [1.54, 1.807) is 31.2 Å². The van der Waals surface area contributed by atoms with Crippen LogP contribution in [-0.2, 0) is 14.3 Å². The van der Waals surface area contributed by atoms with Gasteiger partial charge in [-0.05, 0) is 43.5 Å². The highest BCUT2D eigenvalue weighted by molar-refractivity contribution is 5.94. The highest BCUT2D eigenvalue weighted by Gasteiger charge is 2.22. The van der Waals surface area contributed by atoms with E-state index in [0.29, 0.717) is 24.3 Å². The summed E-state index contributed by atoms with van der Waals surface area (Å²) in [5, 5.41) is 5.20. The van der Waals surface area contributed by atoms with Crippen LogP contribution in [0.4, 0.5) is 10.5 Å². The summed E-state index contributed by atoms with van der Waals surface area (Å²) >= 11 is 0. The van der Waals surface area contributed by atoms with Crippen molar-refractivity contribution in [3.63, 3.8) is 0 Å². The number of carbonyl (C=O) groups excluding carboxylic acids is 3. The van der Waals surface area contributed by atoms with Crippen LogP contribution < -0.4 is 10.6 Å². The van der Waals surface area contributed by atoms with Crippen LogP contribution in [0.15, 0.2) is 24.3 Å². The Bertz CT molecular complexity index is 569. The molecule has 1 aromatic rings. The van der Waals surface area contributed by atoms with Crippen molar-refractivity contribution in [3.8, 4) is 0 Å². The lowest BCUT2D eigenvalue weighted by Crippen LogP contribution is -2.44. The van der Waals surface area contributed by atoms with Gasteiger partial charge >= 0.3 is 18.0 Å². The molecule has 132 valence electrons. The van der Waals surface area contributed by atoms with Gasteiger partial charge in [0, 0.05) is 5.69 Å². The molecule has 0 saturated carbocycles. The molecule has 1 atom stereocenters. The van der Waals surface area contributed by atoms with Gasteiger partial charge in [-0.3, -0.25) is 0 Å². The van der Waals surface area contributed by atoms with Gasteiger partial charge in [0.15, 0.2) is 0 Å². The molecule has 2 N–H and O–H groups in total. The largest absolute Gasteiger partial charge is 0.467 e. The first kappa shape index (κ1) is 19.5. The minimum atomic E-state index is -0.714. The number of anilines is 1. The van der Waals surface area contributed by atoms with Crippen molar-refractivity contribution in [2.45, 2.75) is 33.2 Å². The molecule has 0 fully saturated rings. The van der Waals surface area contributed by atoms with Crippen LogP contribution in [0.25, 0.3) is 0 Å². The molecule has 0 aliphatic carbocycles. The van der Waals surface area contributed by atoms with E-state index in [4.69, 9.17) is 9.47 Å². The lowest BCUT2D eigenvalue weighted by atomic mass is 10.0. The van der Waals surface area contributed by atoms with Gasteiger partial charge < -0.3 is 20.1 Å². The molecular weight excluding hydrogens is 312 g/mol. The van der Waals surface area contributed by atoms with Crippen LogP contribution in [0.3, 0.4) is 0 Å². The van der Waals surface area contributed by atoms with Crippen molar-refractivity contribution >= 4 is 23.7 Å². The maximum atomic E-state index is 12.0. The van der Waals surface area contributed by atoms with E-state index in [1.807, 2.05) is 13.8 Å². The van der Waals surface area contributed by atoms with Crippen LogP contribution in [0.1, 0.15) is 37.6 Å². The Morgan fingerprint density at radius 3 is 2.25 bits per heavy atom. The number of rotatable bonds is 7. The fourth-order valence-corrected chi connectivity index (χ4v) is 2.06. The zero-order valence-electron chi connectivity index (χ0n) is 14.4. The molecule has 0 bridgehead atoms. The number of amides is 2. The standard InChI is InChI=1S/C17H24N2O5/c1-5-24-15(20)12-6-8-13(9-7-12)18-17(22)19-14(10-11(2)3)16(21)23-4/h6-9,11,14H,5,10H2,1-4H3,(H2,18,19,22)/t14-/m0/s1. The lowest BCUT2D eigenvalue weighted by Gasteiger charge is -2.18. The fourth-order valence-electron chi connectivity index (χ4n) is 2.06. The highest BCUT2D eigenvalue weighted by atomic mass is 16.5. The summed E-state index contributed by atoms with van der Waals surface area (Å²) in [7, 11) is 1.28. The Hall–Kier alpha value is -2.57. The van der Waals surface area contributed by atoms with Crippen LogP contribution >= 0.6 is 0 Å². The number of urea groups is 1. The molecule has 1 rings (SSSR count). The summed E-state index contributed by atoms with van der Waals surface area (Å²) in [4.78, 5) is 35.3. The molecule has 0 aliphatic heterocycles. The van der Waals surface area contributed by atoms with Gasteiger partial charge in [-0.15, -0.1) is 0 Å². The number of carbonyl (C=O) groups is 3. The number of hydrogen-bond donors (Lipinski definition) is 2. The van der Waals surface area contributed by atoms with Crippen molar-refractivity contribution < 1.29 is 23.9 Å². The summed E-state index contributed by atoms with van der Waals surface area (Å²) in [5.74, 6) is -0.689. The summed E-state index contributed by atoms with van der Waals surface area (Å²) < 4.78 is 9.58. The third kappa shape index (κ3) is 6.28. The zero-order chi connectivity index (χ0) is 18.1. The number of esters is 2. The van der Waals surface area contributed by atoms with Crippen molar-refractivity contribution in [1.82, 2.24) is 5.32 Å². The molecule has 0 unspecified atom stereocenters. The third-order valence-corrected chi connectivity index (χ3v) is 3.15. The molecule has 2 amide bonds. The topological polar surface area (TPSA) is 93.7 Å². The number of hydrogen-bond acceptors (Lipinski definition) is 5. The normalized spacial score (nSPS) is 11.5.